The molecule has 2 heterocycles. The summed E-state index contributed by atoms with van der Waals surface area (Å²) in [4.78, 5) is 16.2. The van der Waals surface area contributed by atoms with E-state index in [0.717, 1.165) is 41.5 Å². The van der Waals surface area contributed by atoms with Crippen LogP contribution in [0.15, 0.2) is 42.6 Å². The summed E-state index contributed by atoms with van der Waals surface area (Å²) in [6.45, 7) is 0.943. The van der Waals surface area contributed by atoms with Crippen molar-refractivity contribution in [2.24, 2.45) is 0 Å². The highest BCUT2D eigenvalue weighted by Gasteiger charge is 2.23. The Hall–Kier alpha value is -2.34. The zero-order chi connectivity index (χ0) is 19.0. The van der Waals surface area contributed by atoms with Gasteiger partial charge < -0.3 is 15.7 Å². The van der Waals surface area contributed by atoms with Crippen molar-refractivity contribution in [3.8, 4) is 0 Å². The number of aromatic nitrogens is 1. The van der Waals surface area contributed by atoms with Crippen LogP contribution in [0.1, 0.15) is 34.8 Å². The second kappa shape index (κ2) is 7.35. The van der Waals surface area contributed by atoms with Crippen molar-refractivity contribution < 1.29 is 9.90 Å². The third kappa shape index (κ3) is 3.58. The lowest BCUT2D eigenvalue weighted by atomic mass is 10.0. The van der Waals surface area contributed by atoms with E-state index in [1.54, 1.807) is 18.2 Å². The smallest absolute Gasteiger partial charge is 0.337 e. The molecule has 27 heavy (non-hydrogen) atoms. The van der Waals surface area contributed by atoms with E-state index in [4.69, 9.17) is 23.2 Å². The second-order valence-electron chi connectivity index (χ2n) is 6.52. The lowest BCUT2D eigenvalue weighted by Gasteiger charge is -2.20. The first-order valence-corrected chi connectivity index (χ1v) is 9.40. The van der Waals surface area contributed by atoms with Gasteiger partial charge in [-0.15, -0.1) is 0 Å². The standard InChI is InChI=1S/C20H17Cl2N3O2/c21-11-3-5-17-13(8-11)19(15(10-24-17)16-2-1-7-23-16)25-18-6-4-12(22)9-14(18)20(26)27/h3-6,8-10,16,23H,1-2,7H2,(H,24,25)(H,26,27)/t16-/m1/s1. The average molecular weight is 402 g/mol. The molecule has 7 heteroatoms. The van der Waals surface area contributed by atoms with Crippen molar-refractivity contribution >= 4 is 51.4 Å². The van der Waals surface area contributed by atoms with E-state index < -0.39 is 5.97 Å². The number of aromatic carboxylic acids is 1. The van der Waals surface area contributed by atoms with Gasteiger partial charge in [-0.1, -0.05) is 23.2 Å². The van der Waals surface area contributed by atoms with Gasteiger partial charge in [-0.3, -0.25) is 4.98 Å². The summed E-state index contributed by atoms with van der Waals surface area (Å²) in [6.07, 6.45) is 3.92. The Bertz CT molecular complexity index is 1030. The number of anilines is 2. The van der Waals surface area contributed by atoms with Crippen LogP contribution in [0.2, 0.25) is 10.0 Å². The fourth-order valence-electron chi connectivity index (χ4n) is 3.47. The van der Waals surface area contributed by atoms with E-state index >= 15 is 0 Å². The number of hydrogen-bond acceptors (Lipinski definition) is 4. The second-order valence-corrected chi connectivity index (χ2v) is 7.39. The van der Waals surface area contributed by atoms with Gasteiger partial charge in [0.2, 0.25) is 0 Å². The van der Waals surface area contributed by atoms with Crippen LogP contribution in [0.3, 0.4) is 0 Å². The van der Waals surface area contributed by atoms with Gasteiger partial charge >= 0.3 is 5.97 Å². The number of carbonyl (C=O) groups is 1. The van der Waals surface area contributed by atoms with Crippen LogP contribution in [0, 0.1) is 0 Å². The Morgan fingerprint density at radius 2 is 1.96 bits per heavy atom. The summed E-state index contributed by atoms with van der Waals surface area (Å²) in [5, 5.41) is 18.2. The molecule has 0 amide bonds. The molecule has 1 aliphatic heterocycles. The molecule has 1 saturated heterocycles. The van der Waals surface area contributed by atoms with E-state index in [1.807, 2.05) is 18.3 Å². The molecule has 1 aromatic heterocycles. The Labute approximate surface area is 166 Å². The van der Waals surface area contributed by atoms with E-state index in [1.165, 1.54) is 6.07 Å². The number of halogens is 2. The highest BCUT2D eigenvalue weighted by Crippen LogP contribution is 2.37. The molecule has 138 valence electrons. The number of pyridine rings is 1. The summed E-state index contributed by atoms with van der Waals surface area (Å²) in [6, 6.07) is 10.4. The Morgan fingerprint density at radius 1 is 1.19 bits per heavy atom. The summed E-state index contributed by atoms with van der Waals surface area (Å²) in [5.74, 6) is -1.04. The normalized spacial score (nSPS) is 16.6. The van der Waals surface area contributed by atoms with Crippen LogP contribution in [0.4, 0.5) is 11.4 Å². The lowest BCUT2D eigenvalue weighted by Crippen LogP contribution is -2.15. The highest BCUT2D eigenvalue weighted by atomic mass is 35.5. The average Bonchev–Trinajstić information content (AvgIpc) is 3.17. The third-order valence-electron chi connectivity index (χ3n) is 4.77. The number of carboxylic acid groups (broad SMARTS) is 1. The van der Waals surface area contributed by atoms with Gasteiger partial charge in [-0.2, -0.15) is 0 Å². The molecule has 0 aliphatic carbocycles. The zero-order valence-electron chi connectivity index (χ0n) is 14.3. The molecule has 1 aliphatic rings. The van der Waals surface area contributed by atoms with Gasteiger partial charge in [0, 0.05) is 33.2 Å². The monoisotopic (exact) mass is 401 g/mol. The molecule has 0 saturated carbocycles. The molecule has 1 atom stereocenters. The van der Waals surface area contributed by atoms with Gasteiger partial charge in [0.1, 0.15) is 0 Å². The number of hydrogen-bond donors (Lipinski definition) is 3. The van der Waals surface area contributed by atoms with E-state index in [0.29, 0.717) is 15.7 Å². The van der Waals surface area contributed by atoms with Crippen LogP contribution < -0.4 is 10.6 Å². The Kier molecular flexibility index (Phi) is 4.91. The van der Waals surface area contributed by atoms with E-state index in [-0.39, 0.29) is 11.6 Å². The minimum Gasteiger partial charge on any atom is -0.478 e. The number of nitrogens with zero attached hydrogens (tertiary/aromatic N) is 1. The molecule has 2 aromatic carbocycles. The van der Waals surface area contributed by atoms with Crippen molar-refractivity contribution in [3.63, 3.8) is 0 Å². The summed E-state index contributed by atoms with van der Waals surface area (Å²) < 4.78 is 0. The molecule has 3 N–H and O–H groups in total. The minimum absolute atomic E-state index is 0.111. The van der Waals surface area contributed by atoms with Gasteiger partial charge in [0.05, 0.1) is 22.5 Å². The molecule has 1 fully saturated rings. The summed E-state index contributed by atoms with van der Waals surface area (Å²) in [5.41, 5.74) is 3.17. The molecule has 3 aromatic rings. The number of carboxylic acids is 1. The predicted octanol–water partition coefficient (Wildman–Crippen LogP) is 5.41. The number of fused-ring (bicyclic) bond motifs is 1. The molecule has 0 bridgehead atoms. The first-order chi connectivity index (χ1) is 13.0. The van der Waals surface area contributed by atoms with Gasteiger partial charge in [0.25, 0.3) is 0 Å². The number of rotatable bonds is 4. The van der Waals surface area contributed by atoms with Crippen LogP contribution in [-0.2, 0) is 0 Å². The maximum Gasteiger partial charge on any atom is 0.337 e. The van der Waals surface area contributed by atoms with Crippen LogP contribution in [0.25, 0.3) is 10.9 Å². The maximum absolute atomic E-state index is 11.7. The third-order valence-corrected chi connectivity index (χ3v) is 5.24. The fourth-order valence-corrected chi connectivity index (χ4v) is 3.82. The zero-order valence-corrected chi connectivity index (χ0v) is 15.8. The minimum atomic E-state index is -1.04. The maximum atomic E-state index is 11.7. The Balaban J connectivity index is 1.90. The first kappa shape index (κ1) is 18.0. The van der Waals surface area contributed by atoms with Gasteiger partial charge in [0.15, 0.2) is 0 Å². The largest absolute Gasteiger partial charge is 0.478 e. The SMILES string of the molecule is O=C(O)c1cc(Cl)ccc1Nc1c([C@H]2CCCN2)cnc2ccc(Cl)cc12. The van der Waals surface area contributed by atoms with Crippen LogP contribution in [0.5, 0.6) is 0 Å². The molecule has 0 radical (unpaired) electrons. The van der Waals surface area contributed by atoms with Crippen molar-refractivity contribution in [3.05, 3.63) is 63.8 Å². The van der Waals surface area contributed by atoms with Crippen molar-refractivity contribution in [1.29, 1.82) is 0 Å². The van der Waals surface area contributed by atoms with Gasteiger partial charge in [-0.05, 0) is 55.8 Å². The number of benzene rings is 2. The molecule has 4 rings (SSSR count). The molecule has 5 nitrogen and oxygen atoms in total. The molecule has 0 spiro atoms. The van der Waals surface area contributed by atoms with Crippen molar-refractivity contribution in [2.45, 2.75) is 18.9 Å². The molecule has 0 unspecified atom stereocenters. The number of nitrogens with one attached hydrogen (secondary N) is 2. The van der Waals surface area contributed by atoms with Gasteiger partial charge in [-0.25, -0.2) is 4.79 Å². The molecular weight excluding hydrogens is 385 g/mol. The Morgan fingerprint density at radius 3 is 2.70 bits per heavy atom. The highest BCUT2D eigenvalue weighted by molar-refractivity contribution is 6.31. The molecular formula is C20H17Cl2N3O2. The first-order valence-electron chi connectivity index (χ1n) is 8.64. The lowest BCUT2D eigenvalue weighted by molar-refractivity contribution is 0.0698. The predicted molar refractivity (Wildman–Crippen MR) is 108 cm³/mol. The van der Waals surface area contributed by atoms with Crippen LogP contribution >= 0.6 is 23.2 Å². The van der Waals surface area contributed by atoms with Crippen molar-refractivity contribution in [2.75, 3.05) is 11.9 Å². The summed E-state index contributed by atoms with van der Waals surface area (Å²) >= 11 is 12.2. The fraction of sp³-hybridized carbons (Fsp3) is 0.200. The quantitative estimate of drug-likeness (QED) is 0.544. The van der Waals surface area contributed by atoms with Crippen LogP contribution in [-0.4, -0.2) is 22.6 Å². The van der Waals surface area contributed by atoms with E-state index in [2.05, 4.69) is 15.6 Å². The summed E-state index contributed by atoms with van der Waals surface area (Å²) in [7, 11) is 0. The van der Waals surface area contributed by atoms with E-state index in [9.17, 15) is 9.90 Å². The topological polar surface area (TPSA) is 74.2 Å². The van der Waals surface area contributed by atoms with Crippen molar-refractivity contribution in [1.82, 2.24) is 10.3 Å².